The van der Waals surface area contributed by atoms with Crippen LogP contribution in [0.4, 0.5) is 17.1 Å². The summed E-state index contributed by atoms with van der Waals surface area (Å²) < 4.78 is 15.9. The van der Waals surface area contributed by atoms with Crippen LogP contribution in [0.1, 0.15) is 44.5 Å². The number of benzene rings is 11. The third-order valence-electron chi connectivity index (χ3n) is 16.1. The smallest absolute Gasteiger partial charge is 0.132 e. The van der Waals surface area contributed by atoms with Gasteiger partial charge in [0.25, 0.3) is 0 Å². The van der Waals surface area contributed by atoms with Crippen LogP contribution in [0.3, 0.4) is 0 Å². The molecule has 0 atom stereocenters. The van der Waals surface area contributed by atoms with Gasteiger partial charge in [0.05, 0.1) is 27.6 Å². The molecule has 11 aromatic carbocycles. The summed E-state index contributed by atoms with van der Waals surface area (Å²) in [5, 5.41) is 2.43. The van der Waals surface area contributed by atoms with Gasteiger partial charge in [-0.25, -0.2) is 0 Å². The summed E-state index contributed by atoms with van der Waals surface area (Å²) in [5.41, 5.74) is 19.9. The van der Waals surface area contributed by atoms with Crippen LogP contribution in [0.2, 0.25) is 0 Å². The van der Waals surface area contributed by atoms with Crippen molar-refractivity contribution in [2.24, 2.45) is 0 Å². The number of hydrogen-bond donors (Lipinski definition) is 0. The number of rotatable bonds is 4. The maximum Gasteiger partial charge on any atom is 0.132 e. The molecule has 0 unspecified atom stereocenters. The van der Waals surface area contributed by atoms with Crippen molar-refractivity contribution in [3.05, 3.63) is 299 Å². The molecular weight excluding hydrogens is 877 g/mol. The van der Waals surface area contributed by atoms with E-state index in [1.807, 2.05) is 0 Å². The molecule has 0 saturated heterocycles. The van der Waals surface area contributed by atoms with Crippen LogP contribution < -0.4 is 14.4 Å². The highest BCUT2D eigenvalue weighted by Gasteiger charge is 2.53. The lowest BCUT2D eigenvalue weighted by molar-refractivity contribution is 0.436. The first-order valence-electron chi connectivity index (χ1n) is 24.8. The highest BCUT2D eigenvalue weighted by atomic mass is 16.5. The zero-order chi connectivity index (χ0) is 47.1. The minimum atomic E-state index is -0.629. The molecule has 0 radical (unpaired) electrons. The van der Waals surface area contributed by atoms with E-state index in [1.165, 1.54) is 60.8 Å². The number of hydrogen-bond acceptors (Lipinski definition) is 3. The Morgan fingerprint density at radius 1 is 0.306 bits per heavy atom. The van der Waals surface area contributed by atoms with Crippen LogP contribution in [-0.2, 0) is 10.8 Å². The number of fused-ring (bicyclic) bond motifs is 21. The van der Waals surface area contributed by atoms with Gasteiger partial charge < -0.3 is 18.9 Å². The molecule has 0 amide bonds. The van der Waals surface area contributed by atoms with Gasteiger partial charge in [-0.3, -0.25) is 0 Å². The molecule has 2 aliphatic carbocycles. The topological polar surface area (TPSA) is 26.6 Å². The molecule has 0 bridgehead atoms. The van der Waals surface area contributed by atoms with Crippen molar-refractivity contribution in [2.75, 3.05) is 4.90 Å². The Bertz CT molecular complexity index is 4170. The molecule has 16 rings (SSSR count). The summed E-state index contributed by atoms with van der Waals surface area (Å²) >= 11 is 0. The van der Waals surface area contributed by atoms with E-state index in [0.717, 1.165) is 73.5 Å². The normalized spacial score (nSPS) is 14.3. The average Bonchev–Trinajstić information content (AvgIpc) is 4.05. The van der Waals surface area contributed by atoms with Crippen molar-refractivity contribution >= 4 is 38.9 Å². The fourth-order valence-electron chi connectivity index (χ4n) is 13.4. The molecule has 2 aliphatic heterocycles. The van der Waals surface area contributed by atoms with Gasteiger partial charge in [-0.2, -0.15) is 0 Å². The van der Waals surface area contributed by atoms with Crippen molar-refractivity contribution in [1.82, 2.24) is 4.57 Å². The second kappa shape index (κ2) is 14.6. The second-order valence-electron chi connectivity index (χ2n) is 19.4. The summed E-state index contributed by atoms with van der Waals surface area (Å²) in [7, 11) is 0. The number of para-hydroxylation sites is 6. The van der Waals surface area contributed by atoms with Gasteiger partial charge in [0.2, 0.25) is 0 Å². The standard InChI is InChI=1S/C68H42N2O2/c1-2-19-43(20-3-1)70-59-31-13-6-22-47(59)48-39-37-45(42-61(48)70)69(44-38-40-53-50(41-44)46-21-4-7-24-51(46)67(53)54-26-9-14-33-62(54)71-63-34-15-10-27-55(63)67)60-32-18-30-58-66(60)49-23-5-8-25-52(49)68(58)56-28-11-16-35-64(56)72-65-36-17-12-29-57(65)68/h1-42H. The quantitative estimate of drug-likeness (QED) is 0.176. The van der Waals surface area contributed by atoms with E-state index < -0.39 is 10.8 Å². The number of aromatic nitrogens is 1. The number of anilines is 3. The van der Waals surface area contributed by atoms with Gasteiger partial charge in [0.1, 0.15) is 23.0 Å². The van der Waals surface area contributed by atoms with Crippen molar-refractivity contribution in [1.29, 1.82) is 0 Å². The van der Waals surface area contributed by atoms with Crippen molar-refractivity contribution in [3.63, 3.8) is 0 Å². The van der Waals surface area contributed by atoms with Crippen LogP contribution in [0.15, 0.2) is 255 Å². The summed E-state index contributed by atoms with van der Waals surface area (Å²) in [4.78, 5) is 2.53. The van der Waals surface area contributed by atoms with Gasteiger partial charge in [-0.05, 0) is 112 Å². The molecule has 72 heavy (non-hydrogen) atoms. The second-order valence-corrected chi connectivity index (χ2v) is 19.4. The Morgan fingerprint density at radius 2 is 0.764 bits per heavy atom. The molecule has 4 heteroatoms. The predicted molar refractivity (Wildman–Crippen MR) is 290 cm³/mol. The molecule has 1 aromatic heterocycles. The number of ether oxygens (including phenoxy) is 2. The first-order chi connectivity index (χ1) is 35.7. The third-order valence-corrected chi connectivity index (χ3v) is 16.1. The average molecular weight is 919 g/mol. The lowest BCUT2D eigenvalue weighted by atomic mass is 9.66. The fourth-order valence-corrected chi connectivity index (χ4v) is 13.4. The molecule has 3 heterocycles. The molecule has 2 spiro atoms. The lowest BCUT2D eigenvalue weighted by Gasteiger charge is -2.39. The van der Waals surface area contributed by atoms with E-state index in [9.17, 15) is 0 Å². The molecule has 0 N–H and O–H groups in total. The SMILES string of the molecule is c1ccc(-n2c3ccccc3c3ccc(N(c4ccc5c(c4)-c4ccccc4C54c5ccccc5Oc5ccccc54)c4cccc5c4-c4ccccc4C54c5ccccc5Oc5ccccc54)cc32)cc1. The van der Waals surface area contributed by atoms with Crippen molar-refractivity contribution < 1.29 is 9.47 Å². The van der Waals surface area contributed by atoms with Gasteiger partial charge in [-0.15, -0.1) is 0 Å². The molecule has 4 nitrogen and oxygen atoms in total. The van der Waals surface area contributed by atoms with Gasteiger partial charge in [-0.1, -0.05) is 182 Å². The first kappa shape index (κ1) is 39.5. The zero-order valence-corrected chi connectivity index (χ0v) is 39.0. The summed E-state index contributed by atoms with van der Waals surface area (Å²) in [6.45, 7) is 0. The molecule has 12 aromatic rings. The van der Waals surface area contributed by atoms with E-state index in [1.54, 1.807) is 0 Å². The van der Waals surface area contributed by atoms with Crippen LogP contribution in [-0.4, -0.2) is 4.57 Å². The maximum absolute atomic E-state index is 6.77. The Morgan fingerprint density at radius 3 is 1.42 bits per heavy atom. The minimum absolute atomic E-state index is 0.584. The molecular formula is C68H42N2O2. The Kier molecular flexibility index (Phi) is 7.99. The molecule has 0 fully saturated rings. The van der Waals surface area contributed by atoms with E-state index in [4.69, 9.17) is 9.47 Å². The Balaban J connectivity index is 1.01. The summed E-state index contributed by atoms with van der Waals surface area (Å²) in [5.74, 6) is 3.52. The molecule has 4 aliphatic rings. The van der Waals surface area contributed by atoms with Crippen LogP contribution in [0, 0.1) is 0 Å². The summed E-state index contributed by atoms with van der Waals surface area (Å²) in [6.07, 6.45) is 0. The Hall–Kier alpha value is -9.38. The summed E-state index contributed by atoms with van der Waals surface area (Å²) in [6, 6.07) is 93.3. The Labute approximate surface area is 416 Å². The number of nitrogens with zero attached hydrogens (tertiary/aromatic N) is 2. The minimum Gasteiger partial charge on any atom is -0.457 e. The zero-order valence-electron chi connectivity index (χ0n) is 39.0. The largest absolute Gasteiger partial charge is 0.457 e. The monoisotopic (exact) mass is 918 g/mol. The molecule has 0 saturated carbocycles. The molecule has 336 valence electrons. The van der Waals surface area contributed by atoms with Crippen LogP contribution in [0.25, 0.3) is 49.7 Å². The predicted octanol–water partition coefficient (Wildman–Crippen LogP) is 17.2. The van der Waals surface area contributed by atoms with E-state index in [-0.39, 0.29) is 0 Å². The van der Waals surface area contributed by atoms with Crippen molar-refractivity contribution in [2.45, 2.75) is 10.8 Å². The van der Waals surface area contributed by atoms with Gasteiger partial charge in [0.15, 0.2) is 0 Å². The third kappa shape index (κ3) is 5.00. The van der Waals surface area contributed by atoms with Crippen molar-refractivity contribution in [3.8, 4) is 50.9 Å². The fraction of sp³-hybridized carbons (Fsp3) is 0.0294. The highest BCUT2D eigenvalue weighted by molar-refractivity contribution is 6.11. The van der Waals surface area contributed by atoms with Gasteiger partial charge >= 0.3 is 0 Å². The highest BCUT2D eigenvalue weighted by Crippen LogP contribution is 2.66. The van der Waals surface area contributed by atoms with E-state index in [0.29, 0.717) is 0 Å². The van der Waals surface area contributed by atoms with Crippen LogP contribution >= 0.6 is 0 Å². The lowest BCUT2D eigenvalue weighted by Crippen LogP contribution is -2.32. The van der Waals surface area contributed by atoms with E-state index >= 15 is 0 Å². The van der Waals surface area contributed by atoms with Gasteiger partial charge in [0, 0.05) is 55.7 Å². The first-order valence-corrected chi connectivity index (χ1v) is 24.8. The maximum atomic E-state index is 6.77. The van der Waals surface area contributed by atoms with E-state index in [2.05, 4.69) is 264 Å². The van der Waals surface area contributed by atoms with Crippen LogP contribution in [0.5, 0.6) is 23.0 Å².